The zero-order chi connectivity index (χ0) is 8.43. The first-order chi connectivity index (χ1) is 5.16. The molecular weight excluding hydrogens is 146 g/mol. The predicted octanol–water partition coefficient (Wildman–Crippen LogP) is 0.383. The molecule has 0 aromatic carbocycles. The molecule has 5 nitrogen and oxygen atoms in total. The van der Waals surface area contributed by atoms with E-state index in [1.807, 2.05) is 0 Å². The number of hydrogen-bond donors (Lipinski definition) is 2. The third-order valence-electron chi connectivity index (χ3n) is 1.54. The van der Waals surface area contributed by atoms with Gasteiger partial charge in [-0.15, -0.1) is 0 Å². The van der Waals surface area contributed by atoms with Crippen molar-refractivity contribution in [1.29, 1.82) is 0 Å². The van der Waals surface area contributed by atoms with Gasteiger partial charge in [-0.1, -0.05) is 0 Å². The number of nitrogens with one attached hydrogen (secondary N) is 1. The summed E-state index contributed by atoms with van der Waals surface area (Å²) >= 11 is 0. The van der Waals surface area contributed by atoms with E-state index < -0.39 is 6.10 Å². The maximum atomic E-state index is 10.2. The van der Waals surface area contributed by atoms with Gasteiger partial charge in [0.2, 0.25) is 0 Å². The van der Waals surface area contributed by atoms with Gasteiger partial charge < -0.3 is 20.4 Å². The van der Waals surface area contributed by atoms with Crippen molar-refractivity contribution in [2.45, 2.75) is 13.0 Å². The second-order valence-corrected chi connectivity index (χ2v) is 2.34. The highest BCUT2D eigenvalue weighted by Crippen LogP contribution is 2.14. The van der Waals surface area contributed by atoms with Gasteiger partial charge in [0.1, 0.15) is 0 Å². The number of imidazole rings is 1. The van der Waals surface area contributed by atoms with Crippen LogP contribution in [0.1, 0.15) is 18.7 Å². The lowest BCUT2D eigenvalue weighted by atomic mass is 10.3. The van der Waals surface area contributed by atoms with Crippen molar-refractivity contribution in [3.8, 4) is 0 Å². The quantitative estimate of drug-likeness (QED) is 0.607. The summed E-state index contributed by atoms with van der Waals surface area (Å²) in [6.07, 6.45) is 0.861. The molecule has 0 radical (unpaired) electrons. The summed E-state index contributed by atoms with van der Waals surface area (Å²) in [5, 5.41) is 19.3. The maximum absolute atomic E-state index is 10.2. The van der Waals surface area contributed by atoms with E-state index in [4.69, 9.17) is 5.11 Å². The standard InChI is InChI=1S/C6H10N3O2/c1-4(10)5-3-7-6(8-11)9(5)2/h3-4,10H,1-2H3,(H-,7,8,11)/q-1. The fourth-order valence-electron chi connectivity index (χ4n) is 0.906. The van der Waals surface area contributed by atoms with Crippen molar-refractivity contribution in [3.05, 3.63) is 17.1 Å². The first-order valence-electron chi connectivity index (χ1n) is 3.24. The lowest BCUT2D eigenvalue weighted by Crippen LogP contribution is -2.03. The summed E-state index contributed by atoms with van der Waals surface area (Å²) in [7, 11) is 1.66. The molecule has 0 spiro atoms. The highest BCUT2D eigenvalue weighted by atomic mass is 16.5. The summed E-state index contributed by atoms with van der Waals surface area (Å²) in [5.74, 6) is 0.209. The molecule has 2 N–H and O–H groups in total. The minimum Gasteiger partial charge on any atom is -0.759 e. The predicted molar refractivity (Wildman–Crippen MR) is 40.8 cm³/mol. The Morgan fingerprint density at radius 2 is 2.45 bits per heavy atom. The van der Waals surface area contributed by atoms with E-state index in [0.717, 1.165) is 0 Å². The van der Waals surface area contributed by atoms with Crippen molar-refractivity contribution in [2.24, 2.45) is 7.05 Å². The Balaban J connectivity index is 3.00. The lowest BCUT2D eigenvalue weighted by molar-refractivity contribution is 0.191. The molecule has 1 heterocycles. The number of aliphatic hydroxyl groups excluding tert-OH is 1. The number of aliphatic hydroxyl groups is 1. The third-order valence-corrected chi connectivity index (χ3v) is 1.54. The highest BCUT2D eigenvalue weighted by molar-refractivity contribution is 5.30. The van der Waals surface area contributed by atoms with Gasteiger partial charge >= 0.3 is 0 Å². The van der Waals surface area contributed by atoms with E-state index in [0.29, 0.717) is 5.69 Å². The molecule has 0 fully saturated rings. The molecule has 1 aromatic rings. The Kier molecular flexibility index (Phi) is 2.11. The van der Waals surface area contributed by atoms with E-state index in [1.165, 1.54) is 10.8 Å². The summed E-state index contributed by atoms with van der Waals surface area (Å²) in [4.78, 5) is 3.73. The van der Waals surface area contributed by atoms with Crippen molar-refractivity contribution >= 4 is 5.95 Å². The fraction of sp³-hybridized carbons (Fsp3) is 0.500. The third kappa shape index (κ3) is 1.33. The van der Waals surface area contributed by atoms with Gasteiger partial charge in [0.15, 0.2) is 5.95 Å². The van der Waals surface area contributed by atoms with Crippen molar-refractivity contribution in [3.63, 3.8) is 0 Å². The Labute approximate surface area is 64.3 Å². The van der Waals surface area contributed by atoms with Crippen molar-refractivity contribution in [1.82, 2.24) is 9.55 Å². The molecule has 0 saturated carbocycles. The van der Waals surface area contributed by atoms with E-state index in [2.05, 4.69) is 4.98 Å². The van der Waals surface area contributed by atoms with Gasteiger partial charge in [-0.05, 0) is 6.92 Å². The zero-order valence-electron chi connectivity index (χ0n) is 6.40. The van der Waals surface area contributed by atoms with Crippen LogP contribution in [0.4, 0.5) is 5.95 Å². The van der Waals surface area contributed by atoms with E-state index in [1.54, 1.807) is 19.5 Å². The summed E-state index contributed by atoms with van der Waals surface area (Å²) in [6.45, 7) is 1.62. The zero-order valence-corrected chi connectivity index (χ0v) is 6.40. The minimum atomic E-state index is -0.602. The topological polar surface area (TPSA) is 73.1 Å². The molecule has 1 atom stereocenters. The molecule has 0 aliphatic carbocycles. The van der Waals surface area contributed by atoms with Crippen LogP contribution in [0, 0.1) is 5.21 Å². The Hall–Kier alpha value is -1.07. The summed E-state index contributed by atoms with van der Waals surface area (Å²) in [6, 6.07) is 0. The fourth-order valence-corrected chi connectivity index (χ4v) is 0.906. The van der Waals surface area contributed by atoms with E-state index in [9.17, 15) is 5.21 Å². The smallest absolute Gasteiger partial charge is 0.191 e. The molecule has 0 aliphatic rings. The van der Waals surface area contributed by atoms with Gasteiger partial charge in [0.05, 0.1) is 18.0 Å². The van der Waals surface area contributed by atoms with Crippen LogP contribution in [-0.4, -0.2) is 14.7 Å². The SMILES string of the molecule is CC(O)c1cnc(N[O-])n1C. The van der Waals surface area contributed by atoms with Gasteiger partial charge in [0.25, 0.3) is 0 Å². The monoisotopic (exact) mass is 156 g/mol. The molecule has 1 aromatic heterocycles. The first-order valence-corrected chi connectivity index (χ1v) is 3.24. The van der Waals surface area contributed by atoms with Gasteiger partial charge in [-0.25, -0.2) is 4.98 Å². The Bertz CT molecular complexity index is 244. The van der Waals surface area contributed by atoms with Gasteiger partial charge in [-0.3, -0.25) is 0 Å². The average molecular weight is 156 g/mol. The molecule has 5 heteroatoms. The Morgan fingerprint density at radius 1 is 1.82 bits per heavy atom. The Morgan fingerprint density at radius 3 is 2.73 bits per heavy atom. The molecule has 0 aliphatic heterocycles. The summed E-state index contributed by atoms with van der Waals surface area (Å²) in [5.41, 5.74) is 2.28. The molecule has 1 rings (SSSR count). The number of hydrogen-bond acceptors (Lipinski definition) is 4. The lowest BCUT2D eigenvalue weighted by Gasteiger charge is -2.10. The highest BCUT2D eigenvalue weighted by Gasteiger charge is 2.07. The normalized spacial score (nSPS) is 13.1. The van der Waals surface area contributed by atoms with Crippen LogP contribution in [0.5, 0.6) is 0 Å². The van der Waals surface area contributed by atoms with Crippen LogP contribution in [0.3, 0.4) is 0 Å². The van der Waals surface area contributed by atoms with Crippen LogP contribution in [0.25, 0.3) is 0 Å². The summed E-state index contributed by atoms with van der Waals surface area (Å²) < 4.78 is 1.51. The molecule has 0 amide bonds. The molecular formula is C6H10N3O2-. The molecule has 1 unspecified atom stereocenters. The van der Waals surface area contributed by atoms with Crippen LogP contribution >= 0.6 is 0 Å². The van der Waals surface area contributed by atoms with Crippen LogP contribution in [0.2, 0.25) is 0 Å². The van der Waals surface area contributed by atoms with Gasteiger partial charge in [0, 0.05) is 7.05 Å². The molecule has 11 heavy (non-hydrogen) atoms. The number of aromatic nitrogens is 2. The second-order valence-electron chi connectivity index (χ2n) is 2.34. The van der Waals surface area contributed by atoms with Gasteiger partial charge in [-0.2, -0.15) is 0 Å². The van der Waals surface area contributed by atoms with E-state index >= 15 is 0 Å². The second kappa shape index (κ2) is 2.89. The molecule has 0 bridgehead atoms. The largest absolute Gasteiger partial charge is 0.759 e. The number of anilines is 1. The number of nitrogens with zero attached hydrogens (tertiary/aromatic N) is 2. The molecule has 0 saturated heterocycles. The van der Waals surface area contributed by atoms with E-state index in [-0.39, 0.29) is 5.95 Å². The maximum Gasteiger partial charge on any atom is 0.191 e. The average Bonchev–Trinajstić information content (AvgIpc) is 2.30. The van der Waals surface area contributed by atoms with Crippen LogP contribution in [0.15, 0.2) is 6.20 Å². The van der Waals surface area contributed by atoms with Crippen molar-refractivity contribution in [2.75, 3.05) is 5.48 Å². The van der Waals surface area contributed by atoms with Crippen LogP contribution < -0.4 is 5.48 Å². The first kappa shape index (κ1) is 8.03. The van der Waals surface area contributed by atoms with Crippen LogP contribution in [-0.2, 0) is 7.05 Å². The number of rotatable bonds is 2. The minimum absolute atomic E-state index is 0.209. The van der Waals surface area contributed by atoms with Crippen molar-refractivity contribution < 1.29 is 5.11 Å². The molecule has 62 valence electrons.